The predicted octanol–water partition coefficient (Wildman–Crippen LogP) is 0.665. The molecule has 0 saturated carbocycles. The van der Waals surface area contributed by atoms with Gasteiger partial charge in [0.05, 0.1) is 5.56 Å². The molecule has 0 radical (unpaired) electrons. The number of aromatic nitrogens is 3. The minimum Gasteiger partial charge on any atom is -0.480 e. The van der Waals surface area contributed by atoms with E-state index in [-0.39, 0.29) is 5.91 Å². The van der Waals surface area contributed by atoms with E-state index in [2.05, 4.69) is 10.2 Å². The summed E-state index contributed by atoms with van der Waals surface area (Å²) in [6.45, 7) is 2.95. The summed E-state index contributed by atoms with van der Waals surface area (Å²) in [4.78, 5) is 24.6. The second kappa shape index (κ2) is 4.34. The molecule has 0 aliphatic rings. The minimum atomic E-state index is -1.28. The fourth-order valence-corrected chi connectivity index (χ4v) is 1.54. The van der Waals surface area contributed by atoms with E-state index >= 15 is 0 Å². The van der Waals surface area contributed by atoms with Crippen LogP contribution in [0.15, 0.2) is 24.7 Å². The monoisotopic (exact) mass is 262 g/mol. The van der Waals surface area contributed by atoms with Gasteiger partial charge in [0.25, 0.3) is 5.91 Å². The number of carboxylic acid groups (broad SMARTS) is 1. The smallest absolute Gasteiger partial charge is 0.329 e. The fraction of sp³-hybridized carbons (Fsp3) is 0.333. The molecular formula is C12H14N4O3. The van der Waals surface area contributed by atoms with Crippen LogP contribution in [-0.4, -0.2) is 49.1 Å². The quantitative estimate of drug-likeness (QED) is 0.878. The Balaban J connectivity index is 2.35. The molecule has 2 aromatic heterocycles. The summed E-state index contributed by atoms with van der Waals surface area (Å²) in [6.07, 6.45) is 3.06. The fourth-order valence-electron chi connectivity index (χ4n) is 1.54. The molecule has 0 fully saturated rings. The van der Waals surface area contributed by atoms with Crippen LogP contribution in [0.1, 0.15) is 24.2 Å². The molecule has 7 nitrogen and oxygen atoms in total. The number of carbonyl (C=O) groups excluding carboxylic acids is 1. The minimum absolute atomic E-state index is 0.372. The Labute approximate surface area is 109 Å². The Morgan fingerprint density at radius 1 is 1.37 bits per heavy atom. The van der Waals surface area contributed by atoms with E-state index in [9.17, 15) is 9.59 Å². The Kier molecular flexibility index (Phi) is 2.97. The van der Waals surface area contributed by atoms with Gasteiger partial charge in [-0.2, -0.15) is 0 Å². The van der Waals surface area contributed by atoms with Crippen LogP contribution in [0.5, 0.6) is 0 Å². The van der Waals surface area contributed by atoms with E-state index in [1.54, 1.807) is 22.7 Å². The lowest BCUT2D eigenvalue weighted by Crippen LogP contribution is -2.50. The molecule has 0 spiro atoms. The van der Waals surface area contributed by atoms with Gasteiger partial charge in [0, 0.05) is 13.2 Å². The van der Waals surface area contributed by atoms with E-state index in [1.165, 1.54) is 32.1 Å². The van der Waals surface area contributed by atoms with Crippen molar-refractivity contribution in [2.75, 3.05) is 7.05 Å². The van der Waals surface area contributed by atoms with Crippen LogP contribution in [0, 0.1) is 0 Å². The van der Waals surface area contributed by atoms with Gasteiger partial charge in [0.2, 0.25) is 0 Å². The van der Waals surface area contributed by atoms with Crippen molar-refractivity contribution in [3.8, 4) is 0 Å². The van der Waals surface area contributed by atoms with Crippen molar-refractivity contribution in [3.05, 3.63) is 30.2 Å². The molecule has 0 saturated heterocycles. The highest BCUT2D eigenvalue weighted by molar-refractivity contribution is 5.97. The normalized spacial score (nSPS) is 11.5. The Morgan fingerprint density at radius 2 is 2.05 bits per heavy atom. The molecule has 2 aromatic rings. The Hall–Kier alpha value is -2.44. The summed E-state index contributed by atoms with van der Waals surface area (Å²) in [7, 11) is 1.47. The maximum atomic E-state index is 12.3. The van der Waals surface area contributed by atoms with E-state index in [1.807, 2.05) is 0 Å². The first kappa shape index (κ1) is 13.0. The average molecular weight is 262 g/mol. The van der Waals surface area contributed by atoms with Crippen molar-refractivity contribution >= 4 is 17.5 Å². The van der Waals surface area contributed by atoms with Crippen molar-refractivity contribution in [2.24, 2.45) is 0 Å². The first-order valence-corrected chi connectivity index (χ1v) is 5.65. The van der Waals surface area contributed by atoms with Gasteiger partial charge < -0.3 is 10.0 Å². The SMILES string of the molecule is CN(C(=O)c1ccc2nncn2c1)C(C)(C)C(=O)O. The molecule has 100 valence electrons. The third kappa shape index (κ3) is 2.14. The number of amides is 1. The van der Waals surface area contributed by atoms with E-state index < -0.39 is 11.5 Å². The highest BCUT2D eigenvalue weighted by Crippen LogP contribution is 2.16. The lowest BCUT2D eigenvalue weighted by atomic mass is 10.0. The molecule has 7 heteroatoms. The van der Waals surface area contributed by atoms with Gasteiger partial charge in [0.15, 0.2) is 5.65 Å². The number of nitrogens with zero attached hydrogens (tertiary/aromatic N) is 4. The number of hydrogen-bond donors (Lipinski definition) is 1. The van der Waals surface area contributed by atoms with Crippen molar-refractivity contribution in [1.82, 2.24) is 19.5 Å². The van der Waals surface area contributed by atoms with Gasteiger partial charge in [-0.3, -0.25) is 9.20 Å². The molecular weight excluding hydrogens is 248 g/mol. The zero-order chi connectivity index (χ0) is 14.2. The van der Waals surface area contributed by atoms with Crippen molar-refractivity contribution < 1.29 is 14.7 Å². The zero-order valence-corrected chi connectivity index (χ0v) is 10.9. The highest BCUT2D eigenvalue weighted by Gasteiger charge is 2.35. The van der Waals surface area contributed by atoms with Gasteiger partial charge in [-0.1, -0.05) is 0 Å². The van der Waals surface area contributed by atoms with Crippen LogP contribution in [0.4, 0.5) is 0 Å². The Morgan fingerprint density at radius 3 is 2.68 bits per heavy atom. The third-order valence-corrected chi connectivity index (χ3v) is 3.20. The maximum absolute atomic E-state index is 12.3. The van der Waals surface area contributed by atoms with Crippen LogP contribution in [0.3, 0.4) is 0 Å². The lowest BCUT2D eigenvalue weighted by molar-refractivity contribution is -0.147. The van der Waals surface area contributed by atoms with Gasteiger partial charge in [-0.05, 0) is 26.0 Å². The molecule has 0 bridgehead atoms. The number of aliphatic carboxylic acids is 1. The highest BCUT2D eigenvalue weighted by atomic mass is 16.4. The first-order chi connectivity index (χ1) is 8.84. The molecule has 0 aliphatic heterocycles. The van der Waals surface area contributed by atoms with Crippen molar-refractivity contribution in [2.45, 2.75) is 19.4 Å². The number of carbonyl (C=O) groups is 2. The number of fused-ring (bicyclic) bond motifs is 1. The molecule has 2 rings (SSSR count). The molecule has 0 unspecified atom stereocenters. The zero-order valence-electron chi connectivity index (χ0n) is 10.9. The second-order valence-electron chi connectivity index (χ2n) is 4.74. The van der Waals surface area contributed by atoms with Crippen LogP contribution >= 0.6 is 0 Å². The molecule has 0 aromatic carbocycles. The van der Waals surface area contributed by atoms with E-state index in [4.69, 9.17) is 5.11 Å². The Bertz CT molecular complexity index is 647. The summed E-state index contributed by atoms with van der Waals surface area (Å²) in [5, 5.41) is 16.7. The number of hydrogen-bond acceptors (Lipinski definition) is 4. The van der Waals surface area contributed by atoms with Gasteiger partial charge >= 0.3 is 5.97 Å². The molecule has 19 heavy (non-hydrogen) atoms. The number of carboxylic acids is 1. The van der Waals surface area contributed by atoms with Gasteiger partial charge in [0.1, 0.15) is 11.9 Å². The summed E-state index contributed by atoms with van der Waals surface area (Å²) in [6, 6.07) is 3.25. The predicted molar refractivity (Wildman–Crippen MR) is 66.8 cm³/mol. The summed E-state index contributed by atoms with van der Waals surface area (Å²) < 4.78 is 1.61. The largest absolute Gasteiger partial charge is 0.480 e. The number of pyridine rings is 1. The molecule has 1 amide bonds. The van der Waals surface area contributed by atoms with Crippen molar-refractivity contribution in [1.29, 1.82) is 0 Å². The average Bonchev–Trinajstić information content (AvgIpc) is 2.83. The molecule has 0 atom stereocenters. The second-order valence-corrected chi connectivity index (χ2v) is 4.74. The van der Waals surface area contributed by atoms with Crippen molar-refractivity contribution in [3.63, 3.8) is 0 Å². The lowest BCUT2D eigenvalue weighted by Gasteiger charge is -2.31. The topological polar surface area (TPSA) is 87.8 Å². The summed E-state index contributed by atoms with van der Waals surface area (Å²) >= 11 is 0. The van der Waals surface area contributed by atoms with Crippen LogP contribution in [0.2, 0.25) is 0 Å². The summed E-state index contributed by atoms with van der Waals surface area (Å²) in [5.74, 6) is -1.43. The third-order valence-electron chi connectivity index (χ3n) is 3.20. The first-order valence-electron chi connectivity index (χ1n) is 5.65. The number of rotatable bonds is 3. The number of likely N-dealkylation sites (N-methyl/N-ethyl adjacent to an activating group) is 1. The van der Waals surface area contributed by atoms with Crippen LogP contribution in [-0.2, 0) is 4.79 Å². The molecule has 1 N–H and O–H groups in total. The molecule has 2 heterocycles. The molecule has 0 aliphatic carbocycles. The van der Waals surface area contributed by atoms with Crippen LogP contribution < -0.4 is 0 Å². The van der Waals surface area contributed by atoms with E-state index in [0.29, 0.717) is 11.2 Å². The van der Waals surface area contributed by atoms with Crippen LogP contribution in [0.25, 0.3) is 5.65 Å². The van der Waals surface area contributed by atoms with Gasteiger partial charge in [-0.15, -0.1) is 10.2 Å². The summed E-state index contributed by atoms with van der Waals surface area (Å²) in [5.41, 5.74) is -0.278. The standard InChI is InChI=1S/C12H14N4O3/c1-12(2,11(18)19)15(3)10(17)8-4-5-9-14-13-7-16(9)6-8/h4-7H,1-3H3,(H,18,19). The van der Waals surface area contributed by atoms with Gasteiger partial charge in [-0.25, -0.2) is 4.79 Å². The van der Waals surface area contributed by atoms with E-state index in [0.717, 1.165) is 0 Å². The maximum Gasteiger partial charge on any atom is 0.329 e.